The average Bonchev–Trinajstić information content (AvgIpc) is 2.44. The molecule has 0 saturated carbocycles. The zero-order chi connectivity index (χ0) is 14.0. The van der Waals surface area contributed by atoms with Crippen molar-refractivity contribution in [2.75, 3.05) is 33.0 Å². The fourth-order valence-electron chi connectivity index (χ4n) is 2.52. The van der Waals surface area contributed by atoms with Crippen molar-refractivity contribution in [3.05, 3.63) is 0 Å². The van der Waals surface area contributed by atoms with Crippen LogP contribution in [0.1, 0.15) is 52.4 Å². The maximum atomic E-state index is 9.38. The summed E-state index contributed by atoms with van der Waals surface area (Å²) in [6, 6.07) is 0. The molecule has 19 heavy (non-hydrogen) atoms. The minimum absolute atomic E-state index is 0.138. The van der Waals surface area contributed by atoms with Gasteiger partial charge in [-0.15, -0.1) is 0 Å². The third-order valence-electron chi connectivity index (χ3n) is 3.80. The lowest BCUT2D eigenvalue weighted by molar-refractivity contribution is -0.0413. The van der Waals surface area contributed by atoms with Crippen molar-refractivity contribution < 1.29 is 14.6 Å². The minimum Gasteiger partial charge on any atom is -0.394 e. The summed E-state index contributed by atoms with van der Waals surface area (Å²) in [6.07, 6.45) is 7.04. The molecule has 1 aliphatic rings. The SMILES string of the molecule is CCNC(C)(CO)CCCCOCC1CCCCO1. The number of nitrogens with one attached hydrogen (secondary N) is 1. The second-order valence-corrected chi connectivity index (χ2v) is 5.77. The summed E-state index contributed by atoms with van der Waals surface area (Å²) < 4.78 is 11.3. The summed E-state index contributed by atoms with van der Waals surface area (Å²) in [5.74, 6) is 0. The molecule has 0 aliphatic carbocycles. The normalized spacial score (nSPS) is 23.2. The van der Waals surface area contributed by atoms with Crippen LogP contribution in [0.25, 0.3) is 0 Å². The largest absolute Gasteiger partial charge is 0.394 e. The van der Waals surface area contributed by atoms with Gasteiger partial charge in [-0.1, -0.05) is 6.92 Å². The van der Waals surface area contributed by atoms with Crippen LogP contribution < -0.4 is 5.32 Å². The van der Waals surface area contributed by atoms with Crippen LogP contribution in [0.4, 0.5) is 0 Å². The number of unbranched alkanes of at least 4 members (excludes halogenated alkanes) is 1. The minimum atomic E-state index is -0.138. The zero-order valence-electron chi connectivity index (χ0n) is 12.6. The lowest BCUT2D eigenvalue weighted by Crippen LogP contribution is -2.45. The third kappa shape index (κ3) is 7.25. The van der Waals surface area contributed by atoms with E-state index in [1.807, 2.05) is 0 Å². The molecular formula is C15H31NO3. The van der Waals surface area contributed by atoms with Crippen LogP contribution >= 0.6 is 0 Å². The smallest absolute Gasteiger partial charge is 0.0808 e. The third-order valence-corrected chi connectivity index (χ3v) is 3.80. The van der Waals surface area contributed by atoms with Crippen molar-refractivity contribution in [3.8, 4) is 0 Å². The van der Waals surface area contributed by atoms with Gasteiger partial charge < -0.3 is 19.9 Å². The van der Waals surface area contributed by atoms with Crippen molar-refractivity contribution in [2.45, 2.75) is 64.0 Å². The number of hydrogen-bond acceptors (Lipinski definition) is 4. The molecular weight excluding hydrogens is 242 g/mol. The number of likely N-dealkylation sites (N-methyl/N-ethyl adjacent to an activating group) is 1. The molecule has 114 valence electrons. The quantitative estimate of drug-likeness (QED) is 0.599. The molecule has 1 fully saturated rings. The highest BCUT2D eigenvalue weighted by Gasteiger charge is 2.20. The van der Waals surface area contributed by atoms with Crippen molar-refractivity contribution in [1.29, 1.82) is 0 Å². The van der Waals surface area contributed by atoms with Gasteiger partial charge in [0.25, 0.3) is 0 Å². The summed E-state index contributed by atoms with van der Waals surface area (Å²) in [7, 11) is 0. The highest BCUT2D eigenvalue weighted by atomic mass is 16.5. The summed E-state index contributed by atoms with van der Waals surface area (Å²) in [5.41, 5.74) is -0.138. The Morgan fingerprint density at radius 2 is 2.21 bits per heavy atom. The molecule has 1 rings (SSSR count). The Bertz CT molecular complexity index is 219. The Hall–Kier alpha value is -0.160. The van der Waals surface area contributed by atoms with E-state index >= 15 is 0 Å². The van der Waals surface area contributed by atoms with Crippen LogP contribution in [0.5, 0.6) is 0 Å². The highest BCUT2D eigenvalue weighted by molar-refractivity contribution is 4.81. The second-order valence-electron chi connectivity index (χ2n) is 5.77. The molecule has 0 aromatic carbocycles. The Morgan fingerprint density at radius 1 is 1.37 bits per heavy atom. The summed E-state index contributed by atoms with van der Waals surface area (Å²) in [5, 5.41) is 12.7. The first-order chi connectivity index (χ1) is 9.20. The van der Waals surface area contributed by atoms with E-state index in [0.29, 0.717) is 6.10 Å². The van der Waals surface area contributed by atoms with Crippen LogP contribution in [0.3, 0.4) is 0 Å². The summed E-state index contributed by atoms with van der Waals surface area (Å²) in [6.45, 7) is 7.67. The predicted octanol–water partition coefficient (Wildman–Crippen LogP) is 2.10. The second kappa shape index (κ2) is 9.70. The molecule has 1 saturated heterocycles. The summed E-state index contributed by atoms with van der Waals surface area (Å²) in [4.78, 5) is 0. The van der Waals surface area contributed by atoms with Gasteiger partial charge in [0.2, 0.25) is 0 Å². The fourth-order valence-corrected chi connectivity index (χ4v) is 2.52. The van der Waals surface area contributed by atoms with Gasteiger partial charge in [-0.2, -0.15) is 0 Å². The molecule has 0 spiro atoms. The summed E-state index contributed by atoms with van der Waals surface area (Å²) >= 11 is 0. The Labute approximate surface area is 117 Å². The van der Waals surface area contributed by atoms with Gasteiger partial charge >= 0.3 is 0 Å². The van der Waals surface area contributed by atoms with Crippen molar-refractivity contribution >= 4 is 0 Å². The lowest BCUT2D eigenvalue weighted by atomic mass is 9.96. The highest BCUT2D eigenvalue weighted by Crippen LogP contribution is 2.14. The first-order valence-electron chi connectivity index (χ1n) is 7.75. The van der Waals surface area contributed by atoms with Gasteiger partial charge in [0, 0.05) is 18.8 Å². The van der Waals surface area contributed by atoms with E-state index in [2.05, 4.69) is 19.2 Å². The molecule has 2 N–H and O–H groups in total. The van der Waals surface area contributed by atoms with E-state index in [1.54, 1.807) is 0 Å². The number of ether oxygens (including phenoxy) is 2. The fraction of sp³-hybridized carbons (Fsp3) is 1.00. The number of hydrogen-bond donors (Lipinski definition) is 2. The Kier molecular flexibility index (Phi) is 8.62. The van der Waals surface area contributed by atoms with Crippen molar-refractivity contribution in [1.82, 2.24) is 5.32 Å². The topological polar surface area (TPSA) is 50.7 Å². The maximum absolute atomic E-state index is 9.38. The van der Waals surface area contributed by atoms with E-state index in [-0.39, 0.29) is 12.1 Å². The molecule has 4 heteroatoms. The van der Waals surface area contributed by atoms with Gasteiger partial charge in [0.05, 0.1) is 19.3 Å². The lowest BCUT2D eigenvalue weighted by Gasteiger charge is -2.28. The monoisotopic (exact) mass is 273 g/mol. The van der Waals surface area contributed by atoms with Crippen LogP contribution in [0.2, 0.25) is 0 Å². The molecule has 0 aromatic rings. The molecule has 1 aliphatic heterocycles. The van der Waals surface area contributed by atoms with Gasteiger partial charge in [0.1, 0.15) is 0 Å². The molecule has 0 radical (unpaired) electrons. The van der Waals surface area contributed by atoms with E-state index in [9.17, 15) is 5.11 Å². The zero-order valence-corrected chi connectivity index (χ0v) is 12.6. The van der Waals surface area contributed by atoms with E-state index < -0.39 is 0 Å². The number of aliphatic hydroxyl groups is 1. The predicted molar refractivity (Wildman–Crippen MR) is 77.4 cm³/mol. The van der Waals surface area contributed by atoms with Gasteiger partial charge in [0.15, 0.2) is 0 Å². The molecule has 2 unspecified atom stereocenters. The molecule has 0 amide bonds. The molecule has 0 bridgehead atoms. The van der Waals surface area contributed by atoms with Crippen LogP contribution in [0, 0.1) is 0 Å². The van der Waals surface area contributed by atoms with Crippen molar-refractivity contribution in [3.63, 3.8) is 0 Å². The van der Waals surface area contributed by atoms with Crippen LogP contribution in [0.15, 0.2) is 0 Å². The van der Waals surface area contributed by atoms with Gasteiger partial charge in [-0.25, -0.2) is 0 Å². The van der Waals surface area contributed by atoms with Crippen molar-refractivity contribution in [2.24, 2.45) is 0 Å². The first kappa shape index (κ1) is 16.9. The molecule has 2 atom stereocenters. The van der Waals surface area contributed by atoms with Gasteiger partial charge in [-0.05, 0) is 52.0 Å². The number of rotatable bonds is 10. The molecule has 1 heterocycles. The maximum Gasteiger partial charge on any atom is 0.0808 e. The molecule has 4 nitrogen and oxygen atoms in total. The van der Waals surface area contributed by atoms with E-state index in [1.165, 1.54) is 12.8 Å². The van der Waals surface area contributed by atoms with Crippen LogP contribution in [-0.4, -0.2) is 49.7 Å². The standard InChI is InChI=1S/C15H31NO3/c1-3-16-15(2,13-17)9-5-7-10-18-12-14-8-4-6-11-19-14/h14,16-17H,3-13H2,1-2H3. The Morgan fingerprint density at radius 3 is 2.84 bits per heavy atom. The van der Waals surface area contributed by atoms with Gasteiger partial charge in [-0.3, -0.25) is 0 Å². The average molecular weight is 273 g/mol. The molecule has 0 aromatic heterocycles. The Balaban J connectivity index is 1.98. The first-order valence-corrected chi connectivity index (χ1v) is 7.75. The van der Waals surface area contributed by atoms with E-state index in [0.717, 1.165) is 52.0 Å². The van der Waals surface area contributed by atoms with Crippen LogP contribution in [-0.2, 0) is 9.47 Å². The van der Waals surface area contributed by atoms with E-state index in [4.69, 9.17) is 9.47 Å². The number of aliphatic hydroxyl groups excluding tert-OH is 1.